The van der Waals surface area contributed by atoms with Gasteiger partial charge >= 0.3 is 0 Å². The van der Waals surface area contributed by atoms with Crippen LogP contribution in [0.15, 0.2) is 30.3 Å². The largest absolute Gasteiger partial charge is 1.00 e. The highest BCUT2D eigenvalue weighted by molar-refractivity contribution is 7.11. The summed E-state index contributed by atoms with van der Waals surface area (Å²) in [5, 5.41) is 10.6. The quantitative estimate of drug-likeness (QED) is 0.636. The molecule has 108 valence electrons. The van der Waals surface area contributed by atoms with Crippen LogP contribution in [0.2, 0.25) is 0 Å². The van der Waals surface area contributed by atoms with E-state index in [9.17, 15) is 9.90 Å². The molecule has 1 atom stereocenters. The van der Waals surface area contributed by atoms with Gasteiger partial charge < -0.3 is 22.1 Å². The predicted molar refractivity (Wildman–Crippen MR) is 77.6 cm³/mol. The number of rotatable bonds is 4. The van der Waals surface area contributed by atoms with Crippen molar-refractivity contribution in [1.82, 2.24) is 4.57 Å². The van der Waals surface area contributed by atoms with Gasteiger partial charge in [-0.3, -0.25) is 4.79 Å². The van der Waals surface area contributed by atoms with Gasteiger partial charge in [-0.1, -0.05) is 30.3 Å². The molecule has 1 aromatic carbocycles. The van der Waals surface area contributed by atoms with Gasteiger partial charge in [-0.2, -0.15) is 0 Å². The zero-order chi connectivity index (χ0) is 14.0. The lowest BCUT2D eigenvalue weighted by molar-refractivity contribution is -0.0000142. The average molecular weight is 356 g/mol. The molecule has 1 N–H and O–H groups in total. The molecular formula is C15H18BrNO2S. The number of hydrogen-bond acceptors (Lipinski definition) is 3. The van der Waals surface area contributed by atoms with Crippen molar-refractivity contribution in [1.29, 1.82) is 0 Å². The fourth-order valence-electron chi connectivity index (χ4n) is 2.01. The van der Waals surface area contributed by atoms with Crippen molar-refractivity contribution < 1.29 is 26.9 Å². The van der Waals surface area contributed by atoms with Crippen LogP contribution in [-0.2, 0) is 6.54 Å². The number of nitrogens with zero attached hydrogens (tertiary/aromatic N) is 1. The van der Waals surface area contributed by atoms with Crippen LogP contribution < -0.4 is 17.0 Å². The van der Waals surface area contributed by atoms with Crippen LogP contribution in [0.5, 0.6) is 0 Å². The third-order valence-corrected chi connectivity index (χ3v) is 4.57. The molecule has 2 aromatic rings. The van der Waals surface area contributed by atoms with Gasteiger partial charge in [0.1, 0.15) is 12.6 Å². The molecule has 0 saturated carbocycles. The number of hydrogen-bond donors (Lipinski definition) is 1. The van der Waals surface area contributed by atoms with Crippen molar-refractivity contribution >= 4 is 17.1 Å². The van der Waals surface area contributed by atoms with E-state index < -0.39 is 6.10 Å². The van der Waals surface area contributed by atoms with Crippen LogP contribution in [0.25, 0.3) is 0 Å². The first-order chi connectivity index (χ1) is 9.00. The Morgan fingerprint density at radius 3 is 2.50 bits per heavy atom. The fraction of sp³-hybridized carbons (Fsp3) is 0.333. The molecule has 0 aliphatic heterocycles. The Labute approximate surface area is 133 Å². The number of aryl methyl sites for hydroxylation is 1. The minimum Gasteiger partial charge on any atom is -1.00 e. The molecule has 20 heavy (non-hydrogen) atoms. The molecule has 0 aliphatic carbocycles. The molecule has 0 amide bonds. The first-order valence-electron chi connectivity index (χ1n) is 6.26. The third kappa shape index (κ3) is 3.53. The molecule has 3 nitrogen and oxygen atoms in total. The highest BCUT2D eigenvalue weighted by Gasteiger charge is 2.25. The van der Waals surface area contributed by atoms with E-state index in [0.29, 0.717) is 5.56 Å². The smallest absolute Gasteiger partial charge is 0.205 e. The van der Waals surface area contributed by atoms with Gasteiger partial charge in [0.2, 0.25) is 5.01 Å². The zero-order valence-electron chi connectivity index (χ0n) is 11.8. The number of halogens is 1. The summed E-state index contributed by atoms with van der Waals surface area (Å²) >= 11 is 1.55. The first-order valence-corrected chi connectivity index (χ1v) is 7.08. The zero-order valence-corrected chi connectivity index (χ0v) is 14.2. The maximum absolute atomic E-state index is 12.3. The summed E-state index contributed by atoms with van der Waals surface area (Å²) < 4.78 is 1.92. The van der Waals surface area contributed by atoms with Crippen molar-refractivity contribution in [3.8, 4) is 0 Å². The van der Waals surface area contributed by atoms with Crippen LogP contribution in [-0.4, -0.2) is 15.5 Å². The lowest BCUT2D eigenvalue weighted by Crippen LogP contribution is -3.00. The second-order valence-corrected chi connectivity index (χ2v) is 5.87. The van der Waals surface area contributed by atoms with Gasteiger partial charge in [-0.25, -0.2) is 4.57 Å². The molecule has 1 aromatic heterocycles. The van der Waals surface area contributed by atoms with Gasteiger partial charge in [0.15, 0.2) is 16.4 Å². The maximum Gasteiger partial charge on any atom is 0.205 e. The van der Waals surface area contributed by atoms with Gasteiger partial charge in [-0.05, 0) is 6.92 Å². The number of Topliss-reactive ketones (excluding diaryl/α,β-unsaturated/α-hetero) is 1. The Bertz CT molecular complexity index is 593. The highest BCUT2D eigenvalue weighted by atomic mass is 79.9. The second kappa shape index (κ2) is 7.11. The minimum absolute atomic E-state index is 0. The fourth-order valence-corrected chi connectivity index (χ4v) is 3.06. The summed E-state index contributed by atoms with van der Waals surface area (Å²) in [4.78, 5) is 13.4. The molecule has 0 radical (unpaired) electrons. The van der Waals surface area contributed by atoms with E-state index in [1.54, 1.807) is 18.3 Å². The van der Waals surface area contributed by atoms with E-state index >= 15 is 0 Å². The molecule has 5 heteroatoms. The van der Waals surface area contributed by atoms with Crippen molar-refractivity contribution in [2.45, 2.75) is 33.4 Å². The number of carbonyl (C=O) groups excluding carboxylic acids is 1. The number of carbonyl (C=O) groups is 1. The topological polar surface area (TPSA) is 42.2 Å². The van der Waals surface area contributed by atoms with Gasteiger partial charge in [-0.15, -0.1) is 0 Å². The summed E-state index contributed by atoms with van der Waals surface area (Å²) in [7, 11) is 0. The average Bonchev–Trinajstić information content (AvgIpc) is 2.68. The monoisotopic (exact) mass is 355 g/mol. The summed E-state index contributed by atoms with van der Waals surface area (Å²) in [6.07, 6.45) is -0.555. The van der Waals surface area contributed by atoms with Crippen molar-refractivity contribution in [3.05, 3.63) is 51.5 Å². The van der Waals surface area contributed by atoms with Crippen molar-refractivity contribution in [2.24, 2.45) is 0 Å². The summed E-state index contributed by atoms with van der Waals surface area (Å²) in [5.74, 6) is 0.0633. The van der Waals surface area contributed by atoms with E-state index in [2.05, 4.69) is 0 Å². The molecule has 0 fully saturated rings. The van der Waals surface area contributed by atoms with Gasteiger partial charge in [0, 0.05) is 30.7 Å². The van der Waals surface area contributed by atoms with E-state index in [0.717, 1.165) is 15.6 Å². The highest BCUT2D eigenvalue weighted by Crippen LogP contribution is 2.27. The Hall–Kier alpha value is -1.04. The Morgan fingerprint density at radius 2 is 1.95 bits per heavy atom. The third-order valence-electron chi connectivity index (χ3n) is 3.19. The molecule has 0 bridgehead atoms. The number of aliphatic hydroxyl groups excluding tert-OH is 1. The number of aromatic nitrogens is 1. The van der Waals surface area contributed by atoms with Crippen LogP contribution >= 0.6 is 11.3 Å². The SMILES string of the molecule is Cc1s[c+](C(C)O)n(CC(=O)c2ccccc2)c1C.[Br-]. The number of ketones is 1. The number of thiazole rings is 1. The predicted octanol–water partition coefficient (Wildman–Crippen LogP) is 0.388. The minimum atomic E-state index is -0.555. The molecule has 0 saturated heterocycles. The summed E-state index contributed by atoms with van der Waals surface area (Å²) in [6.45, 7) is 6.00. The Morgan fingerprint density at radius 1 is 1.35 bits per heavy atom. The first kappa shape index (κ1) is 17.0. The summed E-state index contributed by atoms with van der Waals surface area (Å²) in [5.41, 5.74) is 1.75. The summed E-state index contributed by atoms with van der Waals surface area (Å²) in [6, 6.07) is 9.25. The van der Waals surface area contributed by atoms with Crippen molar-refractivity contribution in [3.63, 3.8) is 0 Å². The van der Waals surface area contributed by atoms with Crippen LogP contribution in [0.4, 0.5) is 0 Å². The number of aliphatic hydroxyl groups is 1. The lowest BCUT2D eigenvalue weighted by atomic mass is 10.1. The number of benzene rings is 1. The van der Waals surface area contributed by atoms with E-state index in [1.165, 1.54) is 0 Å². The second-order valence-electron chi connectivity index (χ2n) is 4.63. The van der Waals surface area contributed by atoms with Gasteiger partial charge in [0.25, 0.3) is 0 Å². The lowest BCUT2D eigenvalue weighted by Gasteiger charge is -2.05. The Balaban J connectivity index is 0.00000200. The van der Waals surface area contributed by atoms with Gasteiger partial charge in [0.05, 0.1) is 0 Å². The van der Waals surface area contributed by atoms with E-state index in [-0.39, 0.29) is 29.3 Å². The van der Waals surface area contributed by atoms with Crippen molar-refractivity contribution in [2.75, 3.05) is 0 Å². The van der Waals surface area contributed by atoms with Crippen LogP contribution in [0.1, 0.15) is 39.0 Å². The normalized spacial score (nSPS) is 11.8. The van der Waals surface area contributed by atoms with E-state index in [4.69, 9.17) is 0 Å². The molecular weight excluding hydrogens is 338 g/mol. The molecule has 2 rings (SSSR count). The molecule has 1 heterocycles. The standard InChI is InChI=1S/C15H18NO2S.BrH/c1-10-12(3)19-15(11(2)17)16(10)9-14(18)13-7-5-4-6-8-13;/h4-8,11,17H,9H2,1-3H3;1H/q+1;/p-1. The molecule has 0 aliphatic rings. The molecule has 0 spiro atoms. The maximum atomic E-state index is 12.3. The van der Waals surface area contributed by atoms with E-state index in [1.807, 2.05) is 48.7 Å². The van der Waals surface area contributed by atoms with Crippen LogP contribution in [0, 0.1) is 13.8 Å². The van der Waals surface area contributed by atoms with Crippen LogP contribution in [0.3, 0.4) is 0 Å². The Kier molecular flexibility index (Phi) is 6.05. The molecule has 1 unspecified atom stereocenters.